The second-order valence-electron chi connectivity index (χ2n) is 8.18. The molecule has 1 aliphatic rings. The summed E-state index contributed by atoms with van der Waals surface area (Å²) in [5, 5.41) is 3.70. The molecule has 0 atom stereocenters. The van der Waals surface area contributed by atoms with Crippen LogP contribution in [0.4, 0.5) is 4.39 Å². The van der Waals surface area contributed by atoms with Crippen molar-refractivity contribution in [3.63, 3.8) is 0 Å². The number of ether oxygens (including phenoxy) is 1. The first-order valence-electron chi connectivity index (χ1n) is 11.1. The molecule has 0 aliphatic heterocycles. The zero-order valence-corrected chi connectivity index (χ0v) is 19.3. The SMILES string of the molecule is C=N/C(N)=C(OCCNC)\C(=N/C)c1cccc(-n2ccc3cc(C4CC4)cc(F)c3c2=O)c1. The van der Waals surface area contributed by atoms with Gasteiger partial charge in [0.2, 0.25) is 0 Å². The molecule has 8 heteroatoms. The molecule has 0 saturated heterocycles. The molecular formula is C26H28FN5O2. The molecule has 1 aliphatic carbocycles. The average Bonchev–Trinajstić information content (AvgIpc) is 3.69. The van der Waals surface area contributed by atoms with E-state index in [1.807, 2.05) is 19.2 Å². The van der Waals surface area contributed by atoms with Crippen LogP contribution in [-0.2, 0) is 4.74 Å². The highest BCUT2D eigenvalue weighted by molar-refractivity contribution is 6.12. The number of rotatable bonds is 9. The van der Waals surface area contributed by atoms with E-state index in [9.17, 15) is 9.18 Å². The zero-order chi connectivity index (χ0) is 24.2. The lowest BCUT2D eigenvalue weighted by molar-refractivity contribution is 0.230. The van der Waals surface area contributed by atoms with Gasteiger partial charge >= 0.3 is 0 Å². The Hall–Kier alpha value is -3.78. The van der Waals surface area contributed by atoms with Crippen molar-refractivity contribution in [3.8, 4) is 5.69 Å². The topological polar surface area (TPSA) is 94.0 Å². The van der Waals surface area contributed by atoms with Crippen molar-refractivity contribution < 1.29 is 9.13 Å². The highest BCUT2D eigenvalue weighted by Gasteiger charge is 2.25. The maximum Gasteiger partial charge on any atom is 0.265 e. The van der Waals surface area contributed by atoms with Gasteiger partial charge in [-0.2, -0.15) is 0 Å². The van der Waals surface area contributed by atoms with Crippen molar-refractivity contribution in [3.05, 3.63) is 87.5 Å². The summed E-state index contributed by atoms with van der Waals surface area (Å²) in [5.74, 6) is 0.325. The molecule has 1 saturated carbocycles. The summed E-state index contributed by atoms with van der Waals surface area (Å²) < 4.78 is 22.2. The Kier molecular flexibility index (Phi) is 6.88. The normalized spacial score (nSPS) is 14.7. The Morgan fingerprint density at radius 1 is 1.29 bits per heavy atom. The maximum absolute atomic E-state index is 14.9. The van der Waals surface area contributed by atoms with Gasteiger partial charge in [0.1, 0.15) is 18.1 Å². The van der Waals surface area contributed by atoms with E-state index in [0.717, 1.165) is 18.4 Å². The largest absolute Gasteiger partial charge is 0.486 e. The number of hydrogen-bond donors (Lipinski definition) is 2. The van der Waals surface area contributed by atoms with Crippen LogP contribution in [0.3, 0.4) is 0 Å². The maximum atomic E-state index is 14.9. The fourth-order valence-corrected chi connectivity index (χ4v) is 3.96. The molecule has 1 aromatic heterocycles. The standard InChI is InChI=1S/C26H28FN5O2/c1-29-10-12-34-24(25(28)31-3)23(30-2)18-5-4-6-20(14-18)32-11-9-17-13-19(16-7-8-16)15-21(27)22(17)26(32)33/h4-6,9,11,13-16,29H,3,7-8,10,12,28H2,1-2H3/b25-24+,30-23-. The minimum atomic E-state index is -0.487. The fourth-order valence-electron chi connectivity index (χ4n) is 3.96. The highest BCUT2D eigenvalue weighted by atomic mass is 19.1. The number of fused-ring (bicyclic) bond motifs is 1. The summed E-state index contributed by atoms with van der Waals surface area (Å²) in [6.07, 6.45) is 3.80. The van der Waals surface area contributed by atoms with E-state index in [0.29, 0.717) is 47.2 Å². The second-order valence-corrected chi connectivity index (χ2v) is 8.18. The number of likely N-dealkylation sites (N-methyl/N-ethyl adjacent to an activating group) is 1. The number of pyridine rings is 1. The molecule has 34 heavy (non-hydrogen) atoms. The average molecular weight is 462 g/mol. The summed E-state index contributed by atoms with van der Waals surface area (Å²) in [6.45, 7) is 4.45. The lowest BCUT2D eigenvalue weighted by Gasteiger charge is -2.15. The molecule has 3 aromatic rings. The van der Waals surface area contributed by atoms with Gasteiger partial charge in [-0.1, -0.05) is 18.2 Å². The molecule has 0 bridgehead atoms. The number of nitrogens with one attached hydrogen (secondary N) is 1. The molecule has 0 radical (unpaired) electrons. The number of aromatic nitrogens is 1. The Balaban J connectivity index is 1.76. The first-order chi connectivity index (χ1) is 16.5. The van der Waals surface area contributed by atoms with Crippen LogP contribution in [0.2, 0.25) is 0 Å². The zero-order valence-electron chi connectivity index (χ0n) is 19.3. The van der Waals surface area contributed by atoms with Crippen LogP contribution in [-0.4, -0.2) is 44.2 Å². The van der Waals surface area contributed by atoms with Gasteiger partial charge in [0, 0.05) is 31.0 Å². The van der Waals surface area contributed by atoms with Gasteiger partial charge in [-0.25, -0.2) is 9.38 Å². The van der Waals surface area contributed by atoms with Gasteiger partial charge in [0.15, 0.2) is 11.6 Å². The quantitative estimate of drug-likeness (QED) is 0.290. The van der Waals surface area contributed by atoms with Crippen molar-refractivity contribution in [2.24, 2.45) is 15.7 Å². The molecule has 176 valence electrons. The van der Waals surface area contributed by atoms with Gasteiger partial charge in [-0.05, 0) is 67.7 Å². The lowest BCUT2D eigenvalue weighted by Crippen LogP contribution is -2.21. The van der Waals surface area contributed by atoms with Crippen molar-refractivity contribution in [1.82, 2.24) is 9.88 Å². The van der Waals surface area contributed by atoms with Crippen LogP contribution in [0.25, 0.3) is 16.5 Å². The molecule has 4 rings (SSSR count). The Labute approximate surface area is 197 Å². The van der Waals surface area contributed by atoms with Crippen LogP contribution in [0.5, 0.6) is 0 Å². The van der Waals surface area contributed by atoms with E-state index in [-0.39, 0.29) is 11.2 Å². The number of nitrogens with two attached hydrogens (primary N) is 1. The predicted octanol–water partition coefficient (Wildman–Crippen LogP) is 3.49. The highest BCUT2D eigenvalue weighted by Crippen LogP contribution is 2.41. The molecule has 3 N–H and O–H groups in total. The third-order valence-corrected chi connectivity index (χ3v) is 5.87. The van der Waals surface area contributed by atoms with Gasteiger partial charge in [0.25, 0.3) is 5.56 Å². The fraction of sp³-hybridized carbons (Fsp3) is 0.269. The number of hydrogen-bond acceptors (Lipinski definition) is 6. The summed E-state index contributed by atoms with van der Waals surface area (Å²) in [5.41, 5.74) is 8.27. The van der Waals surface area contributed by atoms with E-state index >= 15 is 0 Å². The van der Waals surface area contributed by atoms with Crippen molar-refractivity contribution in [2.75, 3.05) is 27.2 Å². The predicted molar refractivity (Wildman–Crippen MR) is 135 cm³/mol. The van der Waals surface area contributed by atoms with Crippen LogP contribution < -0.4 is 16.6 Å². The summed E-state index contributed by atoms with van der Waals surface area (Å²) in [4.78, 5) is 21.4. The molecule has 0 unspecified atom stereocenters. The molecular weight excluding hydrogens is 433 g/mol. The first-order valence-corrected chi connectivity index (χ1v) is 11.1. The Bertz CT molecular complexity index is 1360. The number of halogens is 1. The molecule has 0 amide bonds. The molecule has 0 spiro atoms. The van der Waals surface area contributed by atoms with Crippen LogP contribution >= 0.6 is 0 Å². The summed E-state index contributed by atoms with van der Waals surface area (Å²) in [6, 6.07) is 12.4. The second kappa shape index (κ2) is 10.0. The van der Waals surface area contributed by atoms with Gasteiger partial charge in [0.05, 0.1) is 5.39 Å². The molecule has 7 nitrogen and oxygen atoms in total. The minimum absolute atomic E-state index is 0.0813. The van der Waals surface area contributed by atoms with Gasteiger partial charge in [-0.15, -0.1) is 0 Å². The van der Waals surface area contributed by atoms with Crippen molar-refractivity contribution >= 4 is 23.2 Å². The Morgan fingerprint density at radius 3 is 2.76 bits per heavy atom. The van der Waals surface area contributed by atoms with Gasteiger partial charge in [-0.3, -0.25) is 14.4 Å². The minimum Gasteiger partial charge on any atom is -0.486 e. The van der Waals surface area contributed by atoms with E-state index in [1.165, 1.54) is 10.6 Å². The first kappa shape index (κ1) is 23.4. The van der Waals surface area contributed by atoms with E-state index < -0.39 is 11.4 Å². The number of aliphatic imine (C=N–C) groups is 2. The van der Waals surface area contributed by atoms with Crippen LogP contribution in [0, 0.1) is 5.82 Å². The van der Waals surface area contributed by atoms with E-state index in [1.54, 1.807) is 37.5 Å². The molecule has 1 heterocycles. The monoisotopic (exact) mass is 461 g/mol. The van der Waals surface area contributed by atoms with Gasteiger partial charge < -0.3 is 15.8 Å². The molecule has 2 aromatic carbocycles. The van der Waals surface area contributed by atoms with Crippen molar-refractivity contribution in [2.45, 2.75) is 18.8 Å². The number of nitrogens with zero attached hydrogens (tertiary/aromatic N) is 3. The lowest BCUT2D eigenvalue weighted by atomic mass is 10.0. The third kappa shape index (κ3) is 4.63. The Morgan fingerprint density at radius 2 is 2.09 bits per heavy atom. The van der Waals surface area contributed by atoms with Crippen LogP contribution in [0.1, 0.15) is 29.9 Å². The third-order valence-electron chi connectivity index (χ3n) is 5.87. The van der Waals surface area contributed by atoms with Crippen LogP contribution in [0.15, 0.2) is 75.0 Å². The van der Waals surface area contributed by atoms with E-state index in [2.05, 4.69) is 22.0 Å². The smallest absolute Gasteiger partial charge is 0.265 e. The van der Waals surface area contributed by atoms with E-state index in [4.69, 9.17) is 10.5 Å². The van der Waals surface area contributed by atoms with Crippen molar-refractivity contribution in [1.29, 1.82) is 0 Å². The summed E-state index contributed by atoms with van der Waals surface area (Å²) in [7, 11) is 3.44. The molecule has 1 fully saturated rings. The number of benzene rings is 2. The summed E-state index contributed by atoms with van der Waals surface area (Å²) >= 11 is 0. The number of allylic oxidation sites excluding steroid dienone is 1.